The molecule has 0 spiro atoms. The Balaban J connectivity index is 2.87. The van der Waals surface area contributed by atoms with Gasteiger partial charge in [0, 0.05) is 7.05 Å². The van der Waals surface area contributed by atoms with E-state index in [1.807, 2.05) is 0 Å². The van der Waals surface area contributed by atoms with Gasteiger partial charge in [-0.15, -0.1) is 0 Å². The Morgan fingerprint density at radius 2 is 1.75 bits per heavy atom. The molecule has 0 radical (unpaired) electrons. The molecule has 1 aliphatic heterocycles. The van der Waals surface area contributed by atoms with E-state index in [0.717, 1.165) is 0 Å². The van der Waals surface area contributed by atoms with Gasteiger partial charge in [0.05, 0.1) is 17.2 Å². The van der Waals surface area contributed by atoms with Crippen molar-refractivity contribution in [3.8, 4) is 0 Å². The van der Waals surface area contributed by atoms with Crippen molar-refractivity contribution < 1.29 is 26.5 Å². The van der Waals surface area contributed by atoms with Crippen LogP contribution in [0.3, 0.4) is 0 Å². The van der Waals surface area contributed by atoms with E-state index in [1.54, 1.807) is 0 Å². The molecule has 92 valence electrons. The number of amides is 1. The molecule has 0 aromatic carbocycles. The second kappa shape index (κ2) is 4.37. The summed E-state index contributed by atoms with van der Waals surface area (Å²) in [7, 11) is -6.16. The largest absolute Gasteiger partial charge is 0.433 e. The molecule has 1 saturated heterocycles. The lowest BCUT2D eigenvalue weighted by atomic mass is 10.5. The number of hydrogen-bond acceptors (Lipinski definition) is 7. The minimum absolute atomic E-state index is 0.199. The highest BCUT2D eigenvalue weighted by molar-refractivity contribution is 8.09. The first-order chi connectivity index (χ1) is 7.24. The van der Waals surface area contributed by atoms with Gasteiger partial charge < -0.3 is 5.32 Å². The second-order valence-corrected chi connectivity index (χ2v) is 7.67. The summed E-state index contributed by atoms with van der Waals surface area (Å²) in [6.07, 6.45) is -0.895. The highest BCUT2D eigenvalue weighted by atomic mass is 32.3. The van der Waals surface area contributed by atoms with Crippen LogP contribution in [0.5, 0.6) is 0 Å². The Kier molecular flexibility index (Phi) is 3.53. The van der Waals surface area contributed by atoms with Crippen LogP contribution in [0.25, 0.3) is 0 Å². The van der Waals surface area contributed by atoms with Crippen LogP contribution in [0.2, 0.25) is 0 Å². The SMILES string of the molecule is CNC(=O)ON=C1CS(=O)(=O)CS(=O)(=O)C1. The standard InChI is InChI=1S/C6H10N2O6S2/c1-7-6(9)14-8-5-2-15(10,11)4-16(12,13)3-5/h2-4H2,1H3,(H,7,9). The summed E-state index contributed by atoms with van der Waals surface area (Å²) in [5.41, 5.74) is -0.199. The molecule has 0 atom stereocenters. The van der Waals surface area contributed by atoms with Crippen LogP contribution in [0.1, 0.15) is 0 Å². The fraction of sp³-hybridized carbons (Fsp3) is 0.667. The molecule has 1 amide bonds. The smallest absolute Gasteiger partial charge is 0.323 e. The lowest BCUT2D eigenvalue weighted by molar-refractivity contribution is 0.153. The van der Waals surface area contributed by atoms with Crippen LogP contribution in [0.15, 0.2) is 5.16 Å². The average molecular weight is 270 g/mol. The fourth-order valence-electron chi connectivity index (χ4n) is 1.11. The first-order valence-corrected chi connectivity index (χ1v) is 7.74. The summed E-state index contributed by atoms with van der Waals surface area (Å²) in [5.74, 6) is -1.02. The maximum absolute atomic E-state index is 11.2. The zero-order valence-electron chi connectivity index (χ0n) is 8.33. The first-order valence-electron chi connectivity index (χ1n) is 4.09. The van der Waals surface area contributed by atoms with Crippen molar-refractivity contribution in [2.45, 2.75) is 0 Å². The molecule has 0 bridgehead atoms. The van der Waals surface area contributed by atoms with Crippen molar-refractivity contribution in [3.05, 3.63) is 0 Å². The predicted molar refractivity (Wildman–Crippen MR) is 55.4 cm³/mol. The van der Waals surface area contributed by atoms with Crippen molar-refractivity contribution in [2.75, 3.05) is 23.6 Å². The van der Waals surface area contributed by atoms with Gasteiger partial charge >= 0.3 is 6.09 Å². The van der Waals surface area contributed by atoms with Gasteiger partial charge in [-0.2, -0.15) is 0 Å². The van der Waals surface area contributed by atoms with E-state index in [4.69, 9.17) is 0 Å². The molecule has 0 aromatic heterocycles. The zero-order valence-corrected chi connectivity index (χ0v) is 9.97. The van der Waals surface area contributed by atoms with Crippen LogP contribution in [-0.4, -0.2) is 52.3 Å². The zero-order chi connectivity index (χ0) is 12.4. The molecular weight excluding hydrogens is 260 g/mol. The lowest BCUT2D eigenvalue weighted by Crippen LogP contribution is -2.36. The number of rotatable bonds is 1. The van der Waals surface area contributed by atoms with Crippen molar-refractivity contribution >= 4 is 31.5 Å². The molecular formula is C6H10N2O6S2. The van der Waals surface area contributed by atoms with Gasteiger partial charge in [-0.1, -0.05) is 5.16 Å². The third kappa shape index (κ3) is 3.77. The van der Waals surface area contributed by atoms with E-state index in [-0.39, 0.29) is 5.71 Å². The monoisotopic (exact) mass is 270 g/mol. The number of nitrogens with zero attached hydrogens (tertiary/aromatic N) is 1. The van der Waals surface area contributed by atoms with Crippen LogP contribution in [0.4, 0.5) is 4.79 Å². The van der Waals surface area contributed by atoms with E-state index < -0.39 is 42.4 Å². The van der Waals surface area contributed by atoms with Gasteiger partial charge in [-0.3, -0.25) is 4.84 Å². The van der Waals surface area contributed by atoms with E-state index in [2.05, 4.69) is 15.3 Å². The Morgan fingerprint density at radius 3 is 2.19 bits per heavy atom. The Hall–Kier alpha value is -1.16. The van der Waals surface area contributed by atoms with Crippen molar-refractivity contribution in [3.63, 3.8) is 0 Å². The molecule has 1 rings (SSSR count). The lowest BCUT2D eigenvalue weighted by Gasteiger charge is -2.13. The molecule has 0 aliphatic carbocycles. The van der Waals surface area contributed by atoms with Gasteiger partial charge in [0.15, 0.2) is 24.8 Å². The third-order valence-corrected chi connectivity index (χ3v) is 6.01. The van der Waals surface area contributed by atoms with E-state index in [0.29, 0.717) is 0 Å². The number of hydrogen-bond donors (Lipinski definition) is 1. The minimum Gasteiger partial charge on any atom is -0.323 e. The summed E-state index contributed by atoms with van der Waals surface area (Å²) in [5, 5.41) is 4.38. The molecule has 0 aromatic rings. The van der Waals surface area contributed by atoms with E-state index in [9.17, 15) is 21.6 Å². The van der Waals surface area contributed by atoms with Gasteiger partial charge in [-0.05, 0) is 0 Å². The van der Waals surface area contributed by atoms with Crippen LogP contribution in [0, 0.1) is 0 Å². The number of carbonyl (C=O) groups is 1. The highest BCUT2D eigenvalue weighted by Gasteiger charge is 2.32. The fourth-order valence-corrected chi connectivity index (χ4v) is 5.42. The van der Waals surface area contributed by atoms with Crippen LogP contribution in [-0.2, 0) is 24.5 Å². The number of sulfone groups is 2. The molecule has 16 heavy (non-hydrogen) atoms. The minimum atomic E-state index is -3.72. The maximum Gasteiger partial charge on any atom is 0.433 e. The molecule has 8 nitrogen and oxygen atoms in total. The summed E-state index contributed by atoms with van der Waals surface area (Å²) in [4.78, 5) is 14.9. The van der Waals surface area contributed by atoms with Gasteiger partial charge in [0.2, 0.25) is 0 Å². The average Bonchev–Trinajstić information content (AvgIpc) is 2.09. The Morgan fingerprint density at radius 1 is 1.25 bits per heavy atom. The third-order valence-electron chi connectivity index (χ3n) is 1.59. The Labute approximate surface area is 92.5 Å². The van der Waals surface area contributed by atoms with Crippen molar-refractivity contribution in [2.24, 2.45) is 5.16 Å². The molecule has 10 heteroatoms. The molecule has 1 fully saturated rings. The van der Waals surface area contributed by atoms with Crippen LogP contribution >= 0.6 is 0 Å². The van der Waals surface area contributed by atoms with Gasteiger partial charge in [0.25, 0.3) is 0 Å². The molecule has 1 N–H and O–H groups in total. The quantitative estimate of drug-likeness (QED) is 0.457. The predicted octanol–water partition coefficient (Wildman–Crippen LogP) is -1.50. The van der Waals surface area contributed by atoms with E-state index in [1.165, 1.54) is 7.05 Å². The number of oxime groups is 1. The summed E-state index contributed by atoms with van der Waals surface area (Å²) >= 11 is 0. The second-order valence-electron chi connectivity index (χ2n) is 3.18. The van der Waals surface area contributed by atoms with Gasteiger partial charge in [0.1, 0.15) is 0 Å². The first kappa shape index (κ1) is 12.9. The normalized spacial score (nSPS) is 22.2. The molecule has 1 aliphatic rings. The number of nitrogens with one attached hydrogen (secondary N) is 1. The summed E-state index contributed by atoms with van der Waals surface area (Å²) < 4.78 is 44.7. The molecule has 0 saturated carbocycles. The summed E-state index contributed by atoms with van der Waals surface area (Å²) in [6, 6.07) is 0. The Bertz CT molecular complexity index is 481. The topological polar surface area (TPSA) is 119 Å². The maximum atomic E-state index is 11.2. The van der Waals surface area contributed by atoms with Crippen LogP contribution < -0.4 is 5.32 Å². The highest BCUT2D eigenvalue weighted by Crippen LogP contribution is 2.09. The molecule has 1 heterocycles. The van der Waals surface area contributed by atoms with Crippen molar-refractivity contribution in [1.29, 1.82) is 0 Å². The number of carbonyl (C=O) groups excluding carboxylic acids is 1. The van der Waals surface area contributed by atoms with Crippen molar-refractivity contribution in [1.82, 2.24) is 5.32 Å². The summed E-state index contributed by atoms with van der Waals surface area (Å²) in [6.45, 7) is 0. The molecule has 0 unspecified atom stereocenters. The van der Waals surface area contributed by atoms with E-state index >= 15 is 0 Å². The van der Waals surface area contributed by atoms with Gasteiger partial charge in [-0.25, -0.2) is 21.6 Å².